The molecule has 1 aliphatic rings. The number of alkyl carbamates (subject to hydrolysis) is 1. The molecule has 1 fully saturated rings. The van der Waals surface area contributed by atoms with E-state index in [1.54, 1.807) is 6.92 Å². The SMILES string of the molecule is CCOC(=O)NC1OO1. The van der Waals surface area contributed by atoms with Gasteiger partial charge < -0.3 is 4.74 Å². The molecule has 0 aromatic carbocycles. The molecule has 1 amide bonds. The second kappa shape index (κ2) is 2.65. The standard InChI is InChI=1S/C4H7NO4/c1-2-7-3(6)5-4-8-9-4/h4H,2H2,1H3,(H,5,6). The fourth-order valence-corrected chi connectivity index (χ4v) is 0.345. The Labute approximate surface area is 51.8 Å². The van der Waals surface area contributed by atoms with Gasteiger partial charge >= 0.3 is 12.5 Å². The van der Waals surface area contributed by atoms with Gasteiger partial charge in [-0.3, -0.25) is 5.32 Å². The van der Waals surface area contributed by atoms with Crippen LogP contribution in [0.4, 0.5) is 4.79 Å². The molecule has 5 heteroatoms. The molecule has 0 spiro atoms. The normalized spacial score (nSPS) is 17.0. The van der Waals surface area contributed by atoms with Crippen LogP contribution in [0.5, 0.6) is 0 Å². The van der Waals surface area contributed by atoms with Gasteiger partial charge in [-0.2, -0.15) is 9.78 Å². The Balaban J connectivity index is 2.02. The Bertz CT molecular complexity index is 111. The van der Waals surface area contributed by atoms with Crippen LogP contribution >= 0.6 is 0 Å². The van der Waals surface area contributed by atoms with E-state index in [2.05, 4.69) is 19.8 Å². The number of carbonyl (C=O) groups is 1. The highest BCUT2D eigenvalue weighted by Gasteiger charge is 2.28. The number of carbonyl (C=O) groups excluding carboxylic acids is 1. The van der Waals surface area contributed by atoms with Crippen LogP contribution in [0.2, 0.25) is 0 Å². The van der Waals surface area contributed by atoms with Gasteiger partial charge in [0.25, 0.3) is 0 Å². The second-order valence-corrected chi connectivity index (χ2v) is 1.39. The zero-order valence-electron chi connectivity index (χ0n) is 4.92. The molecule has 1 heterocycles. The van der Waals surface area contributed by atoms with Crippen molar-refractivity contribution in [1.29, 1.82) is 0 Å². The lowest BCUT2D eigenvalue weighted by Crippen LogP contribution is -2.26. The number of ether oxygens (including phenoxy) is 1. The van der Waals surface area contributed by atoms with E-state index >= 15 is 0 Å². The molecule has 52 valence electrons. The van der Waals surface area contributed by atoms with Crippen molar-refractivity contribution in [3.05, 3.63) is 0 Å². The van der Waals surface area contributed by atoms with Crippen LogP contribution in [0.25, 0.3) is 0 Å². The summed E-state index contributed by atoms with van der Waals surface area (Å²) < 4.78 is 4.48. The largest absolute Gasteiger partial charge is 0.450 e. The minimum Gasteiger partial charge on any atom is -0.450 e. The van der Waals surface area contributed by atoms with Crippen molar-refractivity contribution >= 4 is 6.09 Å². The van der Waals surface area contributed by atoms with E-state index < -0.39 is 12.5 Å². The van der Waals surface area contributed by atoms with Crippen molar-refractivity contribution in [3.8, 4) is 0 Å². The summed E-state index contributed by atoms with van der Waals surface area (Å²) in [6, 6.07) is 0. The molecule has 0 aliphatic carbocycles. The van der Waals surface area contributed by atoms with Crippen molar-refractivity contribution in [2.24, 2.45) is 0 Å². The van der Waals surface area contributed by atoms with E-state index in [1.807, 2.05) is 0 Å². The van der Waals surface area contributed by atoms with E-state index in [-0.39, 0.29) is 0 Å². The van der Waals surface area contributed by atoms with Gasteiger partial charge in [-0.1, -0.05) is 0 Å². The third kappa shape index (κ3) is 2.29. The molecule has 1 saturated heterocycles. The third-order valence-corrected chi connectivity index (χ3v) is 0.704. The van der Waals surface area contributed by atoms with Gasteiger partial charge in [0.15, 0.2) is 0 Å². The molecule has 0 radical (unpaired) electrons. The molecule has 0 aromatic heterocycles. The van der Waals surface area contributed by atoms with E-state index in [0.717, 1.165) is 0 Å². The van der Waals surface area contributed by atoms with Crippen LogP contribution < -0.4 is 5.32 Å². The highest BCUT2D eigenvalue weighted by atomic mass is 17.4. The average Bonchev–Trinajstić information content (AvgIpc) is 2.50. The Morgan fingerprint density at radius 3 is 2.89 bits per heavy atom. The summed E-state index contributed by atoms with van der Waals surface area (Å²) in [5.41, 5.74) is 0. The zero-order chi connectivity index (χ0) is 6.69. The molecule has 1 N–H and O–H groups in total. The molecule has 1 aliphatic heterocycles. The van der Waals surface area contributed by atoms with Crippen LogP contribution in [0.3, 0.4) is 0 Å². The van der Waals surface area contributed by atoms with Crippen molar-refractivity contribution in [2.75, 3.05) is 6.61 Å². The van der Waals surface area contributed by atoms with E-state index in [9.17, 15) is 4.79 Å². The molecule has 0 aromatic rings. The Hall–Kier alpha value is -0.810. The summed E-state index contributed by atoms with van der Waals surface area (Å²) in [5, 5.41) is 2.25. The molecule has 0 bridgehead atoms. The van der Waals surface area contributed by atoms with Gasteiger partial charge in [-0.05, 0) is 6.92 Å². The van der Waals surface area contributed by atoms with E-state index in [0.29, 0.717) is 6.61 Å². The maximum absolute atomic E-state index is 10.4. The summed E-state index contributed by atoms with van der Waals surface area (Å²) in [5.74, 6) is 0. The number of hydrogen-bond donors (Lipinski definition) is 1. The van der Waals surface area contributed by atoms with Gasteiger partial charge in [0.1, 0.15) is 0 Å². The minimum absolute atomic E-state index is 0.346. The highest BCUT2D eigenvalue weighted by Crippen LogP contribution is 2.06. The topological polar surface area (TPSA) is 63.4 Å². The van der Waals surface area contributed by atoms with E-state index in [1.165, 1.54) is 0 Å². The number of amides is 1. The maximum Gasteiger partial charge on any atom is 0.411 e. The molecular weight excluding hydrogens is 126 g/mol. The quantitative estimate of drug-likeness (QED) is 0.424. The fraction of sp³-hybridized carbons (Fsp3) is 0.750. The number of hydrogen-bond acceptors (Lipinski definition) is 4. The Morgan fingerprint density at radius 1 is 1.78 bits per heavy atom. The van der Waals surface area contributed by atoms with Gasteiger partial charge in [0, 0.05) is 0 Å². The van der Waals surface area contributed by atoms with Crippen LogP contribution in [0.15, 0.2) is 0 Å². The lowest BCUT2D eigenvalue weighted by Gasteiger charge is -1.97. The second-order valence-electron chi connectivity index (χ2n) is 1.39. The van der Waals surface area contributed by atoms with Crippen LogP contribution in [0.1, 0.15) is 6.92 Å². The predicted molar refractivity (Wildman–Crippen MR) is 26.1 cm³/mol. The van der Waals surface area contributed by atoms with Gasteiger partial charge in [-0.25, -0.2) is 4.79 Å². The van der Waals surface area contributed by atoms with Gasteiger partial charge in [0.05, 0.1) is 6.61 Å². The summed E-state index contributed by atoms with van der Waals surface area (Å²) >= 11 is 0. The summed E-state index contributed by atoms with van der Waals surface area (Å²) in [4.78, 5) is 18.8. The van der Waals surface area contributed by atoms with E-state index in [4.69, 9.17) is 0 Å². The first kappa shape index (κ1) is 6.31. The lowest BCUT2D eigenvalue weighted by molar-refractivity contribution is 0.0850. The molecule has 0 unspecified atom stereocenters. The Morgan fingerprint density at radius 2 is 2.44 bits per heavy atom. The van der Waals surface area contributed by atoms with Gasteiger partial charge in [0.2, 0.25) is 0 Å². The van der Waals surface area contributed by atoms with Crippen LogP contribution in [-0.4, -0.2) is 19.1 Å². The van der Waals surface area contributed by atoms with Crippen molar-refractivity contribution < 1.29 is 19.3 Å². The van der Waals surface area contributed by atoms with Gasteiger partial charge in [-0.15, -0.1) is 0 Å². The molecular formula is C4H7NO4. The first-order chi connectivity index (χ1) is 4.33. The first-order valence-corrected chi connectivity index (χ1v) is 2.58. The minimum atomic E-state index is -0.593. The lowest BCUT2D eigenvalue weighted by atomic mass is 10.9. The molecule has 0 atom stereocenters. The average molecular weight is 133 g/mol. The molecule has 9 heavy (non-hydrogen) atoms. The smallest absolute Gasteiger partial charge is 0.411 e. The molecule has 0 saturated carbocycles. The maximum atomic E-state index is 10.4. The van der Waals surface area contributed by atoms with Crippen molar-refractivity contribution in [2.45, 2.75) is 13.3 Å². The first-order valence-electron chi connectivity index (χ1n) is 2.58. The summed E-state index contributed by atoms with van der Waals surface area (Å²) in [6.07, 6.45) is -1.12. The van der Waals surface area contributed by atoms with Crippen LogP contribution in [-0.2, 0) is 14.5 Å². The third-order valence-electron chi connectivity index (χ3n) is 0.704. The van der Waals surface area contributed by atoms with Crippen LogP contribution in [0, 0.1) is 0 Å². The Kier molecular flexibility index (Phi) is 1.86. The molecule has 5 nitrogen and oxygen atoms in total. The summed E-state index contributed by atoms with van der Waals surface area (Å²) in [7, 11) is 0. The zero-order valence-corrected chi connectivity index (χ0v) is 4.92. The number of rotatable bonds is 2. The predicted octanol–water partition coefficient (Wildman–Crippen LogP) is -0.0221. The fourth-order valence-electron chi connectivity index (χ4n) is 0.345. The highest BCUT2D eigenvalue weighted by molar-refractivity contribution is 5.67. The number of nitrogens with one attached hydrogen (secondary N) is 1. The summed E-state index contributed by atoms with van der Waals surface area (Å²) in [6.45, 7) is 2.06. The monoisotopic (exact) mass is 133 g/mol. The van der Waals surface area contributed by atoms with Crippen molar-refractivity contribution in [3.63, 3.8) is 0 Å². The van der Waals surface area contributed by atoms with Crippen molar-refractivity contribution in [1.82, 2.24) is 5.32 Å². The molecule has 1 rings (SSSR count).